The molecule has 0 aromatic heterocycles. The van der Waals surface area contributed by atoms with Crippen LogP contribution in [0.4, 0.5) is 0 Å². The first kappa shape index (κ1) is 32.1. The Morgan fingerprint density at radius 2 is 1.12 bits per heavy atom. The molecule has 5 atom stereocenters. The third kappa shape index (κ3) is 7.94. The van der Waals surface area contributed by atoms with Crippen molar-refractivity contribution in [3.8, 4) is 0 Å². The van der Waals surface area contributed by atoms with Gasteiger partial charge >= 0.3 is 23.9 Å². The fourth-order valence-electron chi connectivity index (χ4n) is 4.28. The molecule has 0 bridgehead atoms. The molecule has 0 spiro atoms. The van der Waals surface area contributed by atoms with Crippen LogP contribution >= 0.6 is 0 Å². The van der Waals surface area contributed by atoms with Crippen molar-refractivity contribution in [2.75, 3.05) is 20.1 Å². The van der Waals surface area contributed by atoms with E-state index < -0.39 is 48.3 Å². The molecule has 1 aliphatic heterocycles. The quantitative estimate of drug-likeness (QED) is 0.217. The highest BCUT2D eigenvalue weighted by Gasteiger charge is 2.34. The molecule has 4 rings (SSSR count). The molecule has 40 heavy (non-hydrogen) atoms. The highest BCUT2D eigenvalue weighted by molar-refractivity contribution is 5.84. The van der Waals surface area contributed by atoms with Crippen molar-refractivity contribution in [2.24, 2.45) is 0 Å². The predicted molar refractivity (Wildman–Crippen MR) is 138 cm³/mol. The van der Waals surface area contributed by atoms with Gasteiger partial charge in [-0.3, -0.25) is 0 Å². The van der Waals surface area contributed by atoms with Gasteiger partial charge in [0.2, 0.25) is 0 Å². The van der Waals surface area contributed by atoms with Crippen molar-refractivity contribution >= 4 is 29.5 Å². The van der Waals surface area contributed by atoms with Crippen LogP contribution in [0.3, 0.4) is 0 Å². The van der Waals surface area contributed by atoms with E-state index in [0.717, 1.165) is 6.54 Å². The highest BCUT2D eigenvalue weighted by Crippen LogP contribution is 2.48. The Morgan fingerprint density at radius 1 is 0.700 bits per heavy atom. The smallest absolute Gasteiger partial charge is 0.335 e. The van der Waals surface area contributed by atoms with Crippen molar-refractivity contribution in [3.05, 3.63) is 76.9 Å². The molecule has 3 unspecified atom stereocenters. The van der Waals surface area contributed by atoms with Gasteiger partial charge in [-0.05, 0) is 41.3 Å². The number of aliphatic hydroxyl groups excluding tert-OH is 4. The first-order valence-corrected chi connectivity index (χ1v) is 12.0. The Hall–Kier alpha value is -4.14. The number of hydrogen-bond donors (Lipinski definition) is 8. The van der Waals surface area contributed by atoms with E-state index in [1.165, 1.54) is 29.7 Å². The molecule has 1 aliphatic carbocycles. The molecule has 216 valence electrons. The van der Waals surface area contributed by atoms with Crippen LogP contribution in [0.1, 0.15) is 29.0 Å². The number of nitrogens with zero attached hydrogens (tertiary/aromatic N) is 1. The van der Waals surface area contributed by atoms with Crippen molar-refractivity contribution in [3.63, 3.8) is 0 Å². The SMILES string of the molecule is CN1CCC2=C(C1)C(c1ccccc1)c1ccccc12.O=C(O)C(O)C(O)C(=O)O.O=C(O)[C@H](O)[C@@H](O)C(=O)O. The molecule has 8 N–H and O–H groups in total. The van der Waals surface area contributed by atoms with Crippen LogP contribution in [0, 0.1) is 0 Å². The molecular formula is C27H31NO12. The molecule has 2 aromatic carbocycles. The van der Waals surface area contributed by atoms with E-state index in [0.29, 0.717) is 5.92 Å². The molecule has 1 heterocycles. The van der Waals surface area contributed by atoms with Crippen LogP contribution in [-0.4, -0.2) is 114 Å². The number of hydrogen-bond acceptors (Lipinski definition) is 9. The second-order valence-corrected chi connectivity index (χ2v) is 9.05. The van der Waals surface area contributed by atoms with Gasteiger partial charge in [-0.15, -0.1) is 0 Å². The third-order valence-electron chi connectivity index (χ3n) is 6.26. The number of fused-ring (bicyclic) bond motifs is 2. The van der Waals surface area contributed by atoms with Crippen molar-refractivity contribution in [1.82, 2.24) is 4.90 Å². The van der Waals surface area contributed by atoms with Gasteiger partial charge in [0.1, 0.15) is 0 Å². The number of rotatable bonds is 7. The van der Waals surface area contributed by atoms with Crippen LogP contribution in [0.5, 0.6) is 0 Å². The molecule has 2 aliphatic rings. The second-order valence-electron chi connectivity index (χ2n) is 9.05. The summed E-state index contributed by atoms with van der Waals surface area (Å²) < 4.78 is 0. The van der Waals surface area contributed by atoms with E-state index in [4.69, 9.17) is 40.9 Å². The van der Waals surface area contributed by atoms with E-state index in [9.17, 15) is 19.2 Å². The molecule has 13 nitrogen and oxygen atoms in total. The van der Waals surface area contributed by atoms with Gasteiger partial charge in [-0.1, -0.05) is 54.6 Å². The minimum absolute atomic E-state index is 0.463. The lowest BCUT2D eigenvalue weighted by atomic mass is 9.87. The molecule has 0 fully saturated rings. The van der Waals surface area contributed by atoms with Gasteiger partial charge in [0, 0.05) is 19.0 Å². The minimum Gasteiger partial charge on any atom is -0.479 e. The zero-order valence-corrected chi connectivity index (χ0v) is 21.4. The summed E-state index contributed by atoms with van der Waals surface area (Å²) in [5.41, 5.74) is 7.64. The first-order valence-electron chi connectivity index (χ1n) is 12.0. The molecule has 0 radical (unpaired) electrons. The second kappa shape index (κ2) is 14.3. The number of carboxylic acids is 4. The summed E-state index contributed by atoms with van der Waals surface area (Å²) in [6.45, 7) is 2.28. The van der Waals surface area contributed by atoms with E-state index in [1.807, 2.05) is 0 Å². The topological polar surface area (TPSA) is 233 Å². The van der Waals surface area contributed by atoms with Gasteiger partial charge in [0.25, 0.3) is 0 Å². The number of aliphatic carboxylic acids is 4. The van der Waals surface area contributed by atoms with E-state index in [1.54, 1.807) is 11.1 Å². The molecule has 2 aromatic rings. The van der Waals surface area contributed by atoms with Gasteiger partial charge in [0.05, 0.1) is 0 Å². The maximum absolute atomic E-state index is 9.77. The fraction of sp³-hybridized carbons (Fsp3) is 0.333. The number of benzene rings is 2. The largest absolute Gasteiger partial charge is 0.479 e. The van der Waals surface area contributed by atoms with Crippen LogP contribution in [0.2, 0.25) is 0 Å². The van der Waals surface area contributed by atoms with Gasteiger partial charge in [0.15, 0.2) is 24.4 Å². The Morgan fingerprint density at radius 3 is 1.57 bits per heavy atom. The van der Waals surface area contributed by atoms with E-state index >= 15 is 0 Å². The fourth-order valence-corrected chi connectivity index (χ4v) is 4.28. The van der Waals surface area contributed by atoms with Crippen molar-refractivity contribution in [1.29, 1.82) is 0 Å². The molecule has 0 amide bonds. The van der Waals surface area contributed by atoms with Gasteiger partial charge in [-0.25, -0.2) is 19.2 Å². The Balaban J connectivity index is 0.000000239. The standard InChI is InChI=1S/C19H19N.2C4H6O6/c1-20-12-11-16-15-9-5-6-10-17(15)19(18(16)13-20)14-7-3-2-4-8-14;2*5-1(3(7)8)2(6)4(9)10/h2-10,19H,11-13H2,1H3;2*1-2,5-6H,(H,7,8)(H,9,10)/t;1-,2-;/m.1./s1. The monoisotopic (exact) mass is 561 g/mol. The van der Waals surface area contributed by atoms with Crippen molar-refractivity contribution < 1.29 is 60.0 Å². The van der Waals surface area contributed by atoms with Gasteiger partial charge < -0.3 is 45.8 Å². The zero-order valence-electron chi connectivity index (χ0n) is 21.4. The third-order valence-corrected chi connectivity index (χ3v) is 6.26. The summed E-state index contributed by atoms with van der Waals surface area (Å²) in [5.74, 6) is -6.61. The van der Waals surface area contributed by atoms with Crippen LogP contribution in [0.25, 0.3) is 5.57 Å². The summed E-state index contributed by atoms with van der Waals surface area (Å²) in [6.07, 6.45) is -7.88. The first-order chi connectivity index (χ1) is 18.8. The lowest BCUT2D eigenvalue weighted by Crippen LogP contribution is -2.39. The summed E-state index contributed by atoms with van der Waals surface area (Å²) in [4.78, 5) is 41.5. The Bertz CT molecular complexity index is 1170. The summed E-state index contributed by atoms with van der Waals surface area (Å²) >= 11 is 0. The van der Waals surface area contributed by atoms with E-state index in [-0.39, 0.29) is 0 Å². The maximum atomic E-state index is 9.77. The lowest BCUT2D eigenvalue weighted by molar-refractivity contribution is -0.165. The highest BCUT2D eigenvalue weighted by atomic mass is 16.4. The average molecular weight is 562 g/mol. The summed E-state index contributed by atoms with van der Waals surface area (Å²) in [6, 6.07) is 19.9. The zero-order chi connectivity index (χ0) is 30.1. The number of likely N-dealkylation sites (N-methyl/N-ethyl adjacent to an activating group) is 1. The normalized spacial score (nSPS) is 18.8. The molecular weight excluding hydrogens is 530 g/mol. The van der Waals surface area contributed by atoms with Crippen LogP contribution < -0.4 is 0 Å². The van der Waals surface area contributed by atoms with E-state index in [2.05, 4.69) is 66.5 Å². The number of carbonyl (C=O) groups is 4. The number of aliphatic hydroxyl groups is 4. The molecule has 0 saturated heterocycles. The molecule has 0 saturated carbocycles. The Labute approximate surface area is 228 Å². The summed E-state index contributed by atoms with van der Waals surface area (Å²) in [7, 11) is 2.23. The molecule has 13 heteroatoms. The van der Waals surface area contributed by atoms with Gasteiger partial charge in [-0.2, -0.15) is 0 Å². The Kier molecular flexibility index (Phi) is 11.5. The average Bonchev–Trinajstić information content (AvgIpc) is 3.25. The van der Waals surface area contributed by atoms with Crippen molar-refractivity contribution in [2.45, 2.75) is 36.8 Å². The van der Waals surface area contributed by atoms with Crippen LogP contribution in [0.15, 0.2) is 60.2 Å². The lowest BCUT2D eigenvalue weighted by Gasteiger charge is -2.27. The predicted octanol–water partition coefficient (Wildman–Crippen LogP) is -0.324. The number of carboxylic acid groups (broad SMARTS) is 4. The van der Waals surface area contributed by atoms with Crippen LogP contribution in [-0.2, 0) is 19.2 Å². The minimum atomic E-state index is -2.27. The maximum Gasteiger partial charge on any atom is 0.335 e. The summed E-state index contributed by atoms with van der Waals surface area (Å²) in [5, 5.41) is 65.1.